The molecule has 0 bridgehead atoms. The zero-order chi connectivity index (χ0) is 22.5. The molecule has 3 amide bonds. The second-order valence-corrected chi connectivity index (χ2v) is 7.45. The summed E-state index contributed by atoms with van der Waals surface area (Å²) in [4.78, 5) is 48.5. The Bertz CT molecular complexity index is 1030. The second kappa shape index (κ2) is 9.76. The number of halogens is 3. The molecule has 1 fully saturated rings. The van der Waals surface area contributed by atoms with Crippen molar-refractivity contribution in [2.24, 2.45) is 5.92 Å². The molecule has 0 unspecified atom stereocenters. The van der Waals surface area contributed by atoms with E-state index >= 15 is 0 Å². The maximum atomic E-state index is 12.9. The number of anilines is 1. The van der Waals surface area contributed by atoms with Crippen LogP contribution in [0.4, 0.5) is 10.1 Å². The largest absolute Gasteiger partial charge is 0.455 e. The molecule has 0 aromatic heterocycles. The van der Waals surface area contributed by atoms with Gasteiger partial charge in [0, 0.05) is 17.7 Å². The van der Waals surface area contributed by atoms with E-state index in [1.807, 2.05) is 0 Å². The number of nitrogens with one attached hydrogen (secondary N) is 2. The Labute approximate surface area is 186 Å². The van der Waals surface area contributed by atoms with E-state index in [1.165, 1.54) is 42.5 Å². The molecule has 2 aromatic rings. The molecule has 0 aliphatic carbocycles. The number of benzene rings is 2. The van der Waals surface area contributed by atoms with Crippen molar-refractivity contribution in [1.82, 2.24) is 10.4 Å². The van der Waals surface area contributed by atoms with Crippen LogP contribution < -0.4 is 10.7 Å². The minimum absolute atomic E-state index is 0.107. The number of hydrogen-bond donors (Lipinski definition) is 2. The predicted molar refractivity (Wildman–Crippen MR) is 110 cm³/mol. The molecule has 11 heteroatoms. The molecule has 1 aliphatic rings. The highest BCUT2D eigenvalue weighted by molar-refractivity contribution is 6.42. The monoisotopic (exact) mass is 467 g/mol. The number of amides is 3. The first-order valence-electron chi connectivity index (χ1n) is 9.01. The summed E-state index contributed by atoms with van der Waals surface area (Å²) in [5.74, 6) is -3.75. The van der Waals surface area contributed by atoms with Gasteiger partial charge in [0.2, 0.25) is 5.91 Å². The minimum Gasteiger partial charge on any atom is -0.455 e. The van der Waals surface area contributed by atoms with Crippen LogP contribution in [0.25, 0.3) is 0 Å². The zero-order valence-corrected chi connectivity index (χ0v) is 17.4. The Balaban J connectivity index is 1.49. The lowest BCUT2D eigenvalue weighted by atomic mass is 10.1. The fourth-order valence-corrected chi connectivity index (χ4v) is 3.08. The maximum absolute atomic E-state index is 12.9. The Kier molecular flexibility index (Phi) is 7.09. The van der Waals surface area contributed by atoms with Gasteiger partial charge in [-0.05, 0) is 42.5 Å². The van der Waals surface area contributed by atoms with Gasteiger partial charge in [0.05, 0.1) is 22.5 Å². The van der Waals surface area contributed by atoms with Gasteiger partial charge in [-0.15, -0.1) is 0 Å². The van der Waals surface area contributed by atoms with Crippen molar-refractivity contribution in [3.05, 3.63) is 63.9 Å². The van der Waals surface area contributed by atoms with Gasteiger partial charge in [-0.2, -0.15) is 0 Å². The Morgan fingerprint density at radius 1 is 1.10 bits per heavy atom. The molecule has 2 aromatic carbocycles. The van der Waals surface area contributed by atoms with Gasteiger partial charge in [-0.1, -0.05) is 23.2 Å². The van der Waals surface area contributed by atoms with Gasteiger partial charge in [-0.25, -0.2) is 4.39 Å². The number of nitrogens with zero attached hydrogens (tertiary/aromatic N) is 1. The molecule has 162 valence electrons. The van der Waals surface area contributed by atoms with Crippen LogP contribution >= 0.6 is 23.2 Å². The molecular weight excluding hydrogens is 452 g/mol. The summed E-state index contributed by atoms with van der Waals surface area (Å²) in [6.45, 7) is -0.680. The van der Waals surface area contributed by atoms with Gasteiger partial charge < -0.3 is 10.1 Å². The molecule has 1 aliphatic heterocycles. The summed E-state index contributed by atoms with van der Waals surface area (Å²) < 4.78 is 17.8. The summed E-state index contributed by atoms with van der Waals surface area (Å²) in [6.07, 6.45) is -0.180. The zero-order valence-electron chi connectivity index (χ0n) is 15.9. The van der Waals surface area contributed by atoms with Crippen LogP contribution in [0.15, 0.2) is 42.5 Å². The van der Waals surface area contributed by atoms with Crippen molar-refractivity contribution < 1.29 is 28.3 Å². The van der Waals surface area contributed by atoms with Crippen molar-refractivity contribution >= 4 is 52.6 Å². The average Bonchev–Trinajstić information content (AvgIpc) is 3.10. The van der Waals surface area contributed by atoms with E-state index in [1.54, 1.807) is 0 Å². The first-order valence-corrected chi connectivity index (χ1v) is 9.77. The smallest absolute Gasteiger partial charge is 0.311 e. The highest BCUT2D eigenvalue weighted by Gasteiger charge is 2.36. The second-order valence-electron chi connectivity index (χ2n) is 6.64. The number of carbonyl (C=O) groups excluding carboxylic acids is 4. The lowest BCUT2D eigenvalue weighted by molar-refractivity contribution is -0.151. The molecule has 0 saturated carbocycles. The Morgan fingerprint density at radius 2 is 1.81 bits per heavy atom. The van der Waals surface area contributed by atoms with E-state index in [2.05, 4.69) is 10.7 Å². The minimum atomic E-state index is -0.847. The summed E-state index contributed by atoms with van der Waals surface area (Å²) >= 11 is 11.7. The van der Waals surface area contributed by atoms with Crippen molar-refractivity contribution in [2.75, 3.05) is 18.5 Å². The Morgan fingerprint density at radius 3 is 2.48 bits per heavy atom. The van der Waals surface area contributed by atoms with Crippen LogP contribution in [0.2, 0.25) is 10.0 Å². The van der Waals surface area contributed by atoms with E-state index in [4.69, 9.17) is 27.9 Å². The molecule has 0 radical (unpaired) electrons. The van der Waals surface area contributed by atoms with Gasteiger partial charge in [0.1, 0.15) is 5.82 Å². The van der Waals surface area contributed by atoms with Crippen LogP contribution in [0.1, 0.15) is 16.8 Å². The van der Waals surface area contributed by atoms with Gasteiger partial charge in [0.15, 0.2) is 6.61 Å². The summed E-state index contributed by atoms with van der Waals surface area (Å²) in [5.41, 5.74) is 2.93. The standard InChI is InChI=1S/C20H16Cl2FN3O5/c21-15-6-1-11(7-16(15)22)19(29)25-26-9-12(8-18(26)28)20(30)31-10-17(27)24-14-4-2-13(23)3-5-14/h1-7,12H,8-10H2,(H,24,27)(H,25,29)/t12-/m1/s1. The van der Waals surface area contributed by atoms with Crippen LogP contribution in [-0.4, -0.2) is 41.9 Å². The van der Waals surface area contributed by atoms with E-state index in [9.17, 15) is 23.6 Å². The third kappa shape index (κ3) is 5.93. The fraction of sp³-hybridized carbons (Fsp3) is 0.200. The van der Waals surface area contributed by atoms with E-state index < -0.39 is 42.0 Å². The molecule has 0 spiro atoms. The van der Waals surface area contributed by atoms with Gasteiger partial charge in [0.25, 0.3) is 11.8 Å². The van der Waals surface area contributed by atoms with Crippen molar-refractivity contribution in [2.45, 2.75) is 6.42 Å². The van der Waals surface area contributed by atoms with E-state index in [-0.39, 0.29) is 28.6 Å². The first-order chi connectivity index (χ1) is 14.7. The number of rotatable bonds is 6. The highest BCUT2D eigenvalue weighted by Crippen LogP contribution is 2.23. The van der Waals surface area contributed by atoms with E-state index in [0.717, 1.165) is 5.01 Å². The van der Waals surface area contributed by atoms with Gasteiger partial charge >= 0.3 is 5.97 Å². The topological polar surface area (TPSA) is 105 Å². The third-order valence-electron chi connectivity index (χ3n) is 4.35. The molecular formula is C20H16Cl2FN3O5. The number of esters is 1. The van der Waals surface area contributed by atoms with Crippen molar-refractivity contribution in [3.63, 3.8) is 0 Å². The summed E-state index contributed by atoms with van der Waals surface area (Å²) in [5, 5.41) is 3.92. The van der Waals surface area contributed by atoms with Crippen LogP contribution in [-0.2, 0) is 19.1 Å². The molecule has 8 nitrogen and oxygen atoms in total. The number of carbonyl (C=O) groups is 4. The van der Waals surface area contributed by atoms with Crippen molar-refractivity contribution in [3.8, 4) is 0 Å². The van der Waals surface area contributed by atoms with Crippen LogP contribution in [0, 0.1) is 11.7 Å². The van der Waals surface area contributed by atoms with E-state index in [0.29, 0.717) is 5.69 Å². The molecule has 1 saturated heterocycles. The lowest BCUT2D eigenvalue weighted by Gasteiger charge is -2.17. The van der Waals surface area contributed by atoms with Crippen molar-refractivity contribution in [1.29, 1.82) is 0 Å². The molecule has 3 rings (SSSR count). The fourth-order valence-electron chi connectivity index (χ4n) is 2.78. The number of hydrazine groups is 1. The van der Waals surface area contributed by atoms with Crippen LogP contribution in [0.3, 0.4) is 0 Å². The number of ether oxygens (including phenoxy) is 1. The summed E-state index contributed by atoms with van der Waals surface area (Å²) in [6, 6.07) is 9.31. The molecule has 2 N–H and O–H groups in total. The molecule has 1 atom stereocenters. The first kappa shape index (κ1) is 22.5. The average molecular weight is 468 g/mol. The SMILES string of the molecule is O=C(COC(=O)[C@@H]1CC(=O)N(NC(=O)c2ccc(Cl)c(Cl)c2)C1)Nc1ccc(F)cc1. The van der Waals surface area contributed by atoms with Gasteiger partial charge in [-0.3, -0.25) is 29.6 Å². The third-order valence-corrected chi connectivity index (χ3v) is 5.09. The lowest BCUT2D eigenvalue weighted by Crippen LogP contribution is -2.43. The Hall–Kier alpha value is -3.17. The maximum Gasteiger partial charge on any atom is 0.311 e. The highest BCUT2D eigenvalue weighted by atomic mass is 35.5. The predicted octanol–water partition coefficient (Wildman–Crippen LogP) is 2.81. The molecule has 31 heavy (non-hydrogen) atoms. The summed E-state index contributed by atoms with van der Waals surface area (Å²) in [7, 11) is 0. The molecule has 1 heterocycles. The normalized spacial score (nSPS) is 15.5. The quantitative estimate of drug-likeness (QED) is 0.635. The number of hydrogen-bond acceptors (Lipinski definition) is 5. The van der Waals surface area contributed by atoms with Crippen LogP contribution in [0.5, 0.6) is 0 Å².